The molecular weight excluding hydrogens is 284 g/mol. The Morgan fingerprint density at radius 2 is 2.26 bits per heavy atom. The van der Waals surface area contributed by atoms with Gasteiger partial charge in [-0.1, -0.05) is 41.1 Å². The van der Waals surface area contributed by atoms with Crippen molar-refractivity contribution in [2.45, 2.75) is 6.54 Å². The van der Waals surface area contributed by atoms with Crippen molar-refractivity contribution >= 4 is 33.8 Å². The van der Waals surface area contributed by atoms with E-state index in [0.29, 0.717) is 22.2 Å². The largest absolute Gasteiger partial charge is 0.347 e. The summed E-state index contributed by atoms with van der Waals surface area (Å²) >= 11 is 7.40. The van der Waals surface area contributed by atoms with Gasteiger partial charge in [-0.3, -0.25) is 4.79 Å². The molecule has 2 aromatic heterocycles. The van der Waals surface area contributed by atoms with Crippen LogP contribution >= 0.6 is 22.9 Å². The lowest BCUT2D eigenvalue weighted by molar-refractivity contribution is 0.0946. The van der Waals surface area contributed by atoms with E-state index in [9.17, 15) is 4.79 Å². The zero-order chi connectivity index (χ0) is 13.2. The van der Waals surface area contributed by atoms with E-state index in [1.165, 1.54) is 11.3 Å². The molecule has 0 aliphatic heterocycles. The van der Waals surface area contributed by atoms with Crippen molar-refractivity contribution in [2.75, 3.05) is 0 Å². The number of hydrogen-bond acceptors (Lipinski definition) is 4. The van der Waals surface area contributed by atoms with Crippen molar-refractivity contribution in [3.63, 3.8) is 0 Å². The predicted octanol–water partition coefficient (Wildman–Crippen LogP) is 2.37. The number of imidazole rings is 1. The quantitative estimate of drug-likeness (QED) is 0.806. The van der Waals surface area contributed by atoms with Gasteiger partial charge in [-0.05, 0) is 11.6 Å². The molecule has 0 saturated heterocycles. The van der Waals surface area contributed by atoms with Crippen molar-refractivity contribution < 1.29 is 4.79 Å². The van der Waals surface area contributed by atoms with Crippen molar-refractivity contribution in [1.82, 2.24) is 19.9 Å². The Balaban J connectivity index is 1.72. The monoisotopic (exact) mass is 292 g/mol. The topological polar surface area (TPSA) is 59.3 Å². The van der Waals surface area contributed by atoms with Crippen molar-refractivity contribution in [3.05, 3.63) is 52.3 Å². The van der Waals surface area contributed by atoms with E-state index >= 15 is 0 Å². The van der Waals surface area contributed by atoms with Crippen LogP contribution in [0.1, 0.15) is 16.1 Å². The molecule has 0 saturated carbocycles. The Morgan fingerprint density at radius 1 is 1.42 bits per heavy atom. The molecule has 0 unspecified atom stereocenters. The first-order valence-corrected chi connectivity index (χ1v) is 6.80. The fourth-order valence-electron chi connectivity index (χ4n) is 1.66. The first-order chi connectivity index (χ1) is 9.24. The first-order valence-electron chi connectivity index (χ1n) is 5.54. The van der Waals surface area contributed by atoms with E-state index in [-0.39, 0.29) is 5.91 Å². The summed E-state index contributed by atoms with van der Waals surface area (Å²) in [5.74, 6) is -0.238. The molecule has 7 heteroatoms. The van der Waals surface area contributed by atoms with Gasteiger partial charge in [0.05, 0.1) is 6.20 Å². The van der Waals surface area contributed by atoms with Crippen LogP contribution in [-0.4, -0.2) is 20.5 Å². The minimum atomic E-state index is -0.238. The highest BCUT2D eigenvalue weighted by atomic mass is 35.5. The summed E-state index contributed by atoms with van der Waals surface area (Å²) in [7, 11) is 0. The zero-order valence-corrected chi connectivity index (χ0v) is 11.3. The number of carbonyl (C=O) groups excluding carboxylic acids is 1. The molecule has 0 atom stereocenters. The van der Waals surface area contributed by atoms with Gasteiger partial charge in [0.2, 0.25) is 4.96 Å². The highest BCUT2D eigenvalue weighted by Crippen LogP contribution is 2.14. The standard InChI is InChI=1S/C12H9ClN4OS/c13-9-4-2-1-3-8(9)5-14-11(18)10-6-17-12(16-10)19-7-15-17/h1-4,6-7H,5H2,(H,14,18). The lowest BCUT2D eigenvalue weighted by atomic mass is 10.2. The minimum Gasteiger partial charge on any atom is -0.347 e. The third kappa shape index (κ3) is 2.45. The molecule has 3 rings (SSSR count). The normalized spacial score (nSPS) is 10.8. The molecule has 19 heavy (non-hydrogen) atoms. The zero-order valence-electron chi connectivity index (χ0n) is 9.71. The number of nitrogens with one attached hydrogen (secondary N) is 1. The summed E-state index contributed by atoms with van der Waals surface area (Å²) in [4.78, 5) is 16.8. The highest BCUT2D eigenvalue weighted by Gasteiger charge is 2.12. The molecule has 0 aliphatic rings. The van der Waals surface area contributed by atoms with E-state index < -0.39 is 0 Å². The number of halogens is 1. The number of aromatic nitrogens is 3. The summed E-state index contributed by atoms with van der Waals surface area (Å²) < 4.78 is 1.58. The van der Waals surface area contributed by atoms with E-state index in [1.807, 2.05) is 18.2 Å². The molecule has 1 aromatic carbocycles. The van der Waals surface area contributed by atoms with E-state index in [4.69, 9.17) is 11.6 Å². The van der Waals surface area contributed by atoms with Gasteiger partial charge in [-0.2, -0.15) is 5.10 Å². The highest BCUT2D eigenvalue weighted by molar-refractivity contribution is 7.14. The molecule has 1 N–H and O–H groups in total. The molecule has 2 heterocycles. The van der Waals surface area contributed by atoms with Gasteiger partial charge in [0.1, 0.15) is 11.2 Å². The van der Waals surface area contributed by atoms with Crippen LogP contribution in [0.15, 0.2) is 36.0 Å². The van der Waals surface area contributed by atoms with Crippen LogP contribution < -0.4 is 5.32 Å². The molecule has 0 bridgehead atoms. The molecule has 1 amide bonds. The van der Waals surface area contributed by atoms with Gasteiger partial charge < -0.3 is 5.32 Å². The fraction of sp³-hybridized carbons (Fsp3) is 0.0833. The Hall–Kier alpha value is -1.92. The molecule has 3 aromatic rings. The summed E-state index contributed by atoms with van der Waals surface area (Å²) in [6.07, 6.45) is 1.60. The average molecular weight is 293 g/mol. The third-order valence-corrected chi connectivity index (χ3v) is 3.67. The van der Waals surface area contributed by atoms with Crippen LogP contribution in [0.4, 0.5) is 0 Å². The van der Waals surface area contributed by atoms with Gasteiger partial charge in [0.25, 0.3) is 5.91 Å². The van der Waals surface area contributed by atoms with Gasteiger partial charge in [-0.15, -0.1) is 0 Å². The summed E-state index contributed by atoms with van der Waals surface area (Å²) in [6, 6.07) is 7.39. The maximum Gasteiger partial charge on any atom is 0.271 e. The number of rotatable bonds is 3. The van der Waals surface area contributed by atoms with Crippen molar-refractivity contribution in [1.29, 1.82) is 0 Å². The van der Waals surface area contributed by atoms with Crippen LogP contribution in [0.25, 0.3) is 4.96 Å². The summed E-state index contributed by atoms with van der Waals surface area (Å²) in [5.41, 5.74) is 2.90. The second kappa shape index (κ2) is 4.99. The maximum atomic E-state index is 11.9. The third-order valence-electron chi connectivity index (χ3n) is 2.62. The van der Waals surface area contributed by atoms with Gasteiger partial charge >= 0.3 is 0 Å². The van der Waals surface area contributed by atoms with E-state index in [2.05, 4.69) is 15.4 Å². The molecule has 5 nitrogen and oxygen atoms in total. The SMILES string of the molecule is O=C(NCc1ccccc1Cl)c1cn2ncsc2n1. The van der Waals surface area contributed by atoms with Crippen molar-refractivity contribution in [3.8, 4) is 0 Å². The van der Waals surface area contributed by atoms with Crippen LogP contribution in [0.2, 0.25) is 5.02 Å². The molecule has 0 fully saturated rings. The number of nitrogens with zero attached hydrogens (tertiary/aromatic N) is 3. The number of hydrogen-bond donors (Lipinski definition) is 1. The van der Waals surface area contributed by atoms with E-state index in [0.717, 1.165) is 5.56 Å². The summed E-state index contributed by atoms with van der Waals surface area (Å²) in [5, 5.41) is 7.44. The summed E-state index contributed by atoms with van der Waals surface area (Å²) in [6.45, 7) is 0.372. The average Bonchev–Trinajstić information content (AvgIpc) is 2.98. The Bertz CT molecular complexity index is 707. The molecular formula is C12H9ClN4OS. The predicted molar refractivity (Wildman–Crippen MR) is 73.5 cm³/mol. The van der Waals surface area contributed by atoms with Crippen molar-refractivity contribution in [2.24, 2.45) is 0 Å². The smallest absolute Gasteiger partial charge is 0.271 e. The van der Waals surface area contributed by atoms with E-state index in [1.54, 1.807) is 22.3 Å². The Morgan fingerprint density at radius 3 is 3.05 bits per heavy atom. The lowest BCUT2D eigenvalue weighted by Gasteiger charge is -2.04. The lowest BCUT2D eigenvalue weighted by Crippen LogP contribution is -2.23. The molecule has 0 radical (unpaired) electrons. The number of fused-ring (bicyclic) bond motifs is 1. The Kier molecular flexibility index (Phi) is 3.18. The molecule has 0 aliphatic carbocycles. The second-order valence-electron chi connectivity index (χ2n) is 3.87. The number of carbonyl (C=O) groups is 1. The van der Waals surface area contributed by atoms with Crippen LogP contribution in [0.5, 0.6) is 0 Å². The Labute approximate surface area is 117 Å². The molecule has 0 spiro atoms. The van der Waals surface area contributed by atoms with Gasteiger partial charge in [0.15, 0.2) is 0 Å². The molecule has 96 valence electrons. The van der Waals surface area contributed by atoms with Gasteiger partial charge in [-0.25, -0.2) is 9.50 Å². The first kappa shape index (κ1) is 12.1. The number of benzene rings is 1. The second-order valence-corrected chi connectivity index (χ2v) is 5.08. The maximum absolute atomic E-state index is 11.9. The van der Waals surface area contributed by atoms with Gasteiger partial charge in [0, 0.05) is 11.6 Å². The van der Waals surface area contributed by atoms with Crippen LogP contribution in [0.3, 0.4) is 0 Å². The fourth-order valence-corrected chi connectivity index (χ4v) is 2.46. The van der Waals surface area contributed by atoms with Crippen LogP contribution in [-0.2, 0) is 6.54 Å². The minimum absolute atomic E-state index is 0.238. The number of amides is 1. The van der Waals surface area contributed by atoms with Crippen LogP contribution in [0, 0.1) is 0 Å².